The molecular formula is C18H23FN4O2. The lowest BCUT2D eigenvalue weighted by molar-refractivity contribution is -0.0365. The van der Waals surface area contributed by atoms with E-state index in [1.165, 1.54) is 12.1 Å². The number of β-amino-alcohol motifs (C(OH)–C–C–N with tert-alkyl or cyclic N) is 1. The number of ether oxygens (including phenoxy) is 1. The zero-order valence-electron chi connectivity index (χ0n) is 14.3. The maximum absolute atomic E-state index is 13.0. The highest BCUT2D eigenvalue weighted by Gasteiger charge is 2.24. The molecule has 1 N–H and O–H groups in total. The lowest BCUT2D eigenvalue weighted by atomic mass is 10.1. The van der Waals surface area contributed by atoms with Crippen LogP contribution >= 0.6 is 0 Å². The van der Waals surface area contributed by atoms with E-state index >= 15 is 0 Å². The van der Waals surface area contributed by atoms with Crippen molar-refractivity contribution in [3.63, 3.8) is 0 Å². The normalized spacial score (nSPS) is 19.6. The topological polar surface area (TPSA) is 61.7 Å². The molecule has 134 valence electrons. The van der Waals surface area contributed by atoms with Gasteiger partial charge in [0, 0.05) is 39.4 Å². The van der Waals surface area contributed by atoms with Crippen LogP contribution in [0.25, 0.3) is 0 Å². The van der Waals surface area contributed by atoms with Crippen LogP contribution < -0.4 is 4.90 Å². The summed E-state index contributed by atoms with van der Waals surface area (Å²) in [6, 6.07) is 9.75. The van der Waals surface area contributed by atoms with Gasteiger partial charge in [-0.05, 0) is 29.8 Å². The highest BCUT2D eigenvalue weighted by atomic mass is 19.1. The number of anilines is 1. The molecule has 2 atom stereocenters. The molecule has 0 unspecified atom stereocenters. The van der Waals surface area contributed by atoms with Gasteiger partial charge in [-0.2, -0.15) is 5.10 Å². The van der Waals surface area contributed by atoms with Crippen molar-refractivity contribution in [2.45, 2.75) is 12.2 Å². The van der Waals surface area contributed by atoms with E-state index in [0.29, 0.717) is 19.7 Å². The molecule has 1 fully saturated rings. The molecule has 1 aromatic heterocycles. The second-order valence-electron chi connectivity index (χ2n) is 6.28. The van der Waals surface area contributed by atoms with Gasteiger partial charge in [-0.1, -0.05) is 12.1 Å². The number of aliphatic hydroxyl groups excluding tert-OH is 1. The van der Waals surface area contributed by atoms with Crippen molar-refractivity contribution in [3.8, 4) is 0 Å². The lowest BCUT2D eigenvalue weighted by Crippen LogP contribution is -2.48. The largest absolute Gasteiger partial charge is 0.387 e. The van der Waals surface area contributed by atoms with E-state index in [1.54, 1.807) is 18.3 Å². The van der Waals surface area contributed by atoms with Gasteiger partial charge < -0.3 is 14.7 Å². The van der Waals surface area contributed by atoms with Gasteiger partial charge in [0.05, 0.1) is 18.8 Å². The Kier molecular flexibility index (Phi) is 5.91. The summed E-state index contributed by atoms with van der Waals surface area (Å²) in [5.41, 5.74) is 0.723. The number of benzene rings is 1. The van der Waals surface area contributed by atoms with Gasteiger partial charge in [-0.25, -0.2) is 4.39 Å². The van der Waals surface area contributed by atoms with Crippen LogP contribution in [-0.4, -0.2) is 66.1 Å². The summed E-state index contributed by atoms with van der Waals surface area (Å²) in [6.45, 7) is 3.31. The molecule has 1 saturated heterocycles. The minimum atomic E-state index is -0.642. The Morgan fingerprint density at radius 3 is 2.88 bits per heavy atom. The number of aliphatic hydroxyl groups is 1. The van der Waals surface area contributed by atoms with E-state index < -0.39 is 6.10 Å². The van der Waals surface area contributed by atoms with Crippen LogP contribution in [0.15, 0.2) is 42.6 Å². The van der Waals surface area contributed by atoms with E-state index in [4.69, 9.17) is 4.74 Å². The molecule has 0 saturated carbocycles. The summed E-state index contributed by atoms with van der Waals surface area (Å²) in [7, 11) is 1.96. The van der Waals surface area contributed by atoms with Gasteiger partial charge in [-0.15, -0.1) is 5.10 Å². The van der Waals surface area contributed by atoms with Crippen LogP contribution in [0.3, 0.4) is 0 Å². The number of hydrogen-bond acceptors (Lipinski definition) is 6. The standard InChI is InChI=1S/C18H23FN4O2/c1-22(18-3-2-8-20-21-18)11-16-12-23(9-10-25-16)13-17(24)14-4-6-15(19)7-5-14/h2-8,16-17,24H,9-13H2,1H3/t16-,17+/m1/s1. The van der Waals surface area contributed by atoms with Crippen molar-refractivity contribution in [1.29, 1.82) is 0 Å². The van der Waals surface area contributed by atoms with E-state index in [2.05, 4.69) is 15.1 Å². The number of aromatic nitrogens is 2. The van der Waals surface area contributed by atoms with Crippen molar-refractivity contribution in [2.24, 2.45) is 0 Å². The maximum atomic E-state index is 13.0. The molecule has 1 aliphatic heterocycles. The summed E-state index contributed by atoms with van der Waals surface area (Å²) in [4.78, 5) is 4.18. The molecule has 0 bridgehead atoms. The Balaban J connectivity index is 1.53. The molecule has 3 rings (SSSR count). The molecule has 1 aliphatic rings. The van der Waals surface area contributed by atoms with Crippen LogP contribution in [-0.2, 0) is 4.74 Å². The Morgan fingerprint density at radius 1 is 1.36 bits per heavy atom. The average Bonchev–Trinajstić information content (AvgIpc) is 2.63. The molecule has 0 radical (unpaired) electrons. The zero-order chi connectivity index (χ0) is 17.6. The van der Waals surface area contributed by atoms with Crippen molar-refractivity contribution in [1.82, 2.24) is 15.1 Å². The highest BCUT2D eigenvalue weighted by molar-refractivity contribution is 5.35. The summed E-state index contributed by atoms with van der Waals surface area (Å²) in [5, 5.41) is 18.4. The fraction of sp³-hybridized carbons (Fsp3) is 0.444. The molecule has 6 nitrogen and oxygen atoms in total. The fourth-order valence-corrected chi connectivity index (χ4v) is 2.99. The number of halogens is 1. The first-order valence-electron chi connectivity index (χ1n) is 8.38. The quantitative estimate of drug-likeness (QED) is 0.855. The van der Waals surface area contributed by atoms with E-state index in [1.807, 2.05) is 24.1 Å². The Morgan fingerprint density at radius 2 is 2.16 bits per heavy atom. The SMILES string of the molecule is CN(C[C@@H]1CN(C[C@H](O)c2ccc(F)cc2)CCO1)c1cccnn1. The molecule has 0 spiro atoms. The summed E-state index contributed by atoms with van der Waals surface area (Å²) in [6.07, 6.45) is 1.03. The molecule has 1 aromatic carbocycles. The summed E-state index contributed by atoms with van der Waals surface area (Å²) >= 11 is 0. The van der Waals surface area contributed by atoms with Crippen LogP contribution in [0.1, 0.15) is 11.7 Å². The number of rotatable bonds is 6. The van der Waals surface area contributed by atoms with Crippen molar-refractivity contribution in [2.75, 3.05) is 44.7 Å². The van der Waals surface area contributed by atoms with E-state index in [0.717, 1.165) is 24.5 Å². The lowest BCUT2D eigenvalue weighted by Gasteiger charge is -2.35. The predicted octanol–water partition coefficient (Wildman–Crippen LogP) is 1.49. The smallest absolute Gasteiger partial charge is 0.151 e. The number of nitrogens with zero attached hydrogens (tertiary/aromatic N) is 4. The van der Waals surface area contributed by atoms with E-state index in [9.17, 15) is 9.50 Å². The molecule has 25 heavy (non-hydrogen) atoms. The Bertz CT molecular complexity index is 656. The predicted molar refractivity (Wildman–Crippen MR) is 92.8 cm³/mol. The second kappa shape index (κ2) is 8.33. The van der Waals surface area contributed by atoms with Crippen molar-refractivity contribution >= 4 is 5.82 Å². The summed E-state index contributed by atoms with van der Waals surface area (Å²) < 4.78 is 18.8. The molecule has 0 amide bonds. The fourth-order valence-electron chi connectivity index (χ4n) is 2.99. The highest BCUT2D eigenvalue weighted by Crippen LogP contribution is 2.17. The Labute approximate surface area is 146 Å². The van der Waals surface area contributed by atoms with Gasteiger partial charge in [0.15, 0.2) is 5.82 Å². The first-order chi connectivity index (χ1) is 12.1. The second-order valence-corrected chi connectivity index (χ2v) is 6.28. The molecule has 0 aliphatic carbocycles. The summed E-state index contributed by atoms with van der Waals surface area (Å²) in [5.74, 6) is 0.504. The van der Waals surface area contributed by atoms with Gasteiger partial charge in [0.2, 0.25) is 0 Å². The third kappa shape index (κ3) is 4.94. The monoisotopic (exact) mass is 346 g/mol. The first-order valence-corrected chi connectivity index (χ1v) is 8.38. The van der Waals surface area contributed by atoms with Gasteiger partial charge in [0.25, 0.3) is 0 Å². The maximum Gasteiger partial charge on any atom is 0.151 e. The van der Waals surface area contributed by atoms with Gasteiger partial charge in [0.1, 0.15) is 5.82 Å². The Hall–Kier alpha value is -2.09. The van der Waals surface area contributed by atoms with E-state index in [-0.39, 0.29) is 11.9 Å². The van der Waals surface area contributed by atoms with Crippen LogP contribution in [0.2, 0.25) is 0 Å². The third-order valence-corrected chi connectivity index (χ3v) is 4.34. The number of likely N-dealkylation sites (N-methyl/N-ethyl adjacent to an activating group) is 1. The molecular weight excluding hydrogens is 323 g/mol. The van der Waals surface area contributed by atoms with Crippen LogP contribution in [0.5, 0.6) is 0 Å². The molecule has 2 heterocycles. The molecule has 2 aromatic rings. The average molecular weight is 346 g/mol. The zero-order valence-corrected chi connectivity index (χ0v) is 14.3. The molecule has 7 heteroatoms. The third-order valence-electron chi connectivity index (χ3n) is 4.34. The minimum absolute atomic E-state index is 0.0289. The minimum Gasteiger partial charge on any atom is -0.387 e. The van der Waals surface area contributed by atoms with Crippen LogP contribution in [0, 0.1) is 5.82 Å². The number of hydrogen-bond donors (Lipinski definition) is 1. The van der Waals surface area contributed by atoms with Gasteiger partial charge >= 0.3 is 0 Å². The van der Waals surface area contributed by atoms with Crippen LogP contribution in [0.4, 0.5) is 10.2 Å². The van der Waals surface area contributed by atoms with Crippen molar-refractivity contribution < 1.29 is 14.2 Å². The first kappa shape index (κ1) is 17.7. The number of morpholine rings is 1. The van der Waals surface area contributed by atoms with Gasteiger partial charge in [-0.3, -0.25) is 4.90 Å². The van der Waals surface area contributed by atoms with Crippen molar-refractivity contribution in [3.05, 3.63) is 54.0 Å².